The number of thioether (sulfide) groups is 1. The number of ether oxygens (including phenoxy) is 1. The summed E-state index contributed by atoms with van der Waals surface area (Å²) in [5, 5.41) is 6.98. The van der Waals surface area contributed by atoms with Crippen LogP contribution in [0.3, 0.4) is 0 Å². The molecule has 2 saturated heterocycles. The number of hydrogen-bond acceptors (Lipinski definition) is 4. The molecule has 5 nitrogen and oxygen atoms in total. The van der Waals surface area contributed by atoms with E-state index in [2.05, 4.69) is 51.0 Å². The largest absolute Gasteiger partial charge is 0.381 e. The lowest BCUT2D eigenvalue weighted by Crippen LogP contribution is -2.47. The molecule has 0 unspecified atom stereocenters. The minimum Gasteiger partial charge on any atom is -0.381 e. The van der Waals surface area contributed by atoms with Gasteiger partial charge in [0, 0.05) is 44.6 Å². The number of hydrogen-bond donors (Lipinski definition) is 2. The van der Waals surface area contributed by atoms with Crippen LogP contribution in [0.15, 0.2) is 29.3 Å². The van der Waals surface area contributed by atoms with Crippen molar-refractivity contribution in [2.75, 3.05) is 46.2 Å². The van der Waals surface area contributed by atoms with Gasteiger partial charge in [0.05, 0.1) is 0 Å². The molecule has 1 aromatic carbocycles. The van der Waals surface area contributed by atoms with Gasteiger partial charge in [-0.15, -0.1) is 0 Å². The summed E-state index contributed by atoms with van der Waals surface area (Å²) in [6.45, 7) is 7.00. The predicted octanol–water partition coefficient (Wildman–Crippen LogP) is 3.25. The number of guanidine groups is 1. The van der Waals surface area contributed by atoms with E-state index in [-0.39, 0.29) is 4.75 Å². The van der Waals surface area contributed by atoms with E-state index in [4.69, 9.17) is 4.74 Å². The van der Waals surface area contributed by atoms with Gasteiger partial charge < -0.3 is 15.4 Å². The van der Waals surface area contributed by atoms with E-state index in [1.807, 2.05) is 18.8 Å². The number of rotatable bonds is 7. The van der Waals surface area contributed by atoms with Gasteiger partial charge in [-0.2, -0.15) is 11.8 Å². The average molecular weight is 405 g/mol. The van der Waals surface area contributed by atoms with Crippen molar-refractivity contribution in [3.63, 3.8) is 0 Å². The van der Waals surface area contributed by atoms with E-state index >= 15 is 0 Å². The first-order valence-corrected chi connectivity index (χ1v) is 11.8. The Kier molecular flexibility index (Phi) is 8.49. The van der Waals surface area contributed by atoms with Crippen LogP contribution >= 0.6 is 11.8 Å². The summed E-state index contributed by atoms with van der Waals surface area (Å²) in [6, 6.07) is 9.02. The van der Waals surface area contributed by atoms with Crippen molar-refractivity contribution in [3.8, 4) is 0 Å². The lowest BCUT2D eigenvalue weighted by molar-refractivity contribution is 0.0783. The molecule has 0 atom stereocenters. The molecular formula is C22H36N4OS. The van der Waals surface area contributed by atoms with Gasteiger partial charge in [0.15, 0.2) is 5.96 Å². The molecule has 0 aliphatic carbocycles. The zero-order valence-electron chi connectivity index (χ0n) is 17.5. The van der Waals surface area contributed by atoms with Crippen molar-refractivity contribution < 1.29 is 4.74 Å². The number of aliphatic imine (C=N–C) groups is 1. The fourth-order valence-electron chi connectivity index (χ4n) is 3.99. The minimum atomic E-state index is 0.256. The average Bonchev–Trinajstić information content (AvgIpc) is 2.76. The Bertz CT molecular complexity index is 607. The molecule has 156 valence electrons. The molecule has 2 fully saturated rings. The molecule has 0 spiro atoms. The van der Waals surface area contributed by atoms with Crippen molar-refractivity contribution in [1.82, 2.24) is 15.5 Å². The molecule has 0 saturated carbocycles. The van der Waals surface area contributed by atoms with Crippen LogP contribution in [0, 0.1) is 0 Å². The van der Waals surface area contributed by atoms with E-state index < -0.39 is 0 Å². The summed E-state index contributed by atoms with van der Waals surface area (Å²) < 4.78 is 5.79. The van der Waals surface area contributed by atoms with Crippen LogP contribution < -0.4 is 10.6 Å². The number of likely N-dealkylation sites (tertiary alicyclic amines) is 1. The Balaban J connectivity index is 1.44. The van der Waals surface area contributed by atoms with Crippen LogP contribution in [0.5, 0.6) is 0 Å². The van der Waals surface area contributed by atoms with Gasteiger partial charge in [0.2, 0.25) is 0 Å². The van der Waals surface area contributed by atoms with E-state index in [0.29, 0.717) is 0 Å². The molecule has 0 radical (unpaired) electrons. The minimum absolute atomic E-state index is 0.256. The van der Waals surface area contributed by atoms with Crippen LogP contribution in [0.4, 0.5) is 0 Å². The molecule has 2 heterocycles. The summed E-state index contributed by atoms with van der Waals surface area (Å²) in [4.78, 5) is 6.96. The molecule has 3 rings (SSSR count). The summed E-state index contributed by atoms with van der Waals surface area (Å²) >= 11 is 1.95. The fraction of sp³-hybridized carbons (Fsp3) is 0.682. The van der Waals surface area contributed by atoms with Gasteiger partial charge in [-0.3, -0.25) is 9.89 Å². The second kappa shape index (κ2) is 11.1. The standard InChI is InChI=1S/C22H36N4OS/c1-23-21(25-18-22(28-2)10-14-27-15-11-22)24-16-19-6-8-20(9-7-19)17-26-12-4-3-5-13-26/h6-9H,3-5,10-18H2,1-2H3,(H2,23,24,25). The van der Waals surface area contributed by atoms with Crippen molar-refractivity contribution in [2.45, 2.75) is 49.9 Å². The molecule has 6 heteroatoms. The Morgan fingerprint density at radius 3 is 2.39 bits per heavy atom. The number of benzene rings is 1. The highest BCUT2D eigenvalue weighted by Crippen LogP contribution is 2.32. The third kappa shape index (κ3) is 6.39. The van der Waals surface area contributed by atoms with Gasteiger partial charge in [0.25, 0.3) is 0 Å². The van der Waals surface area contributed by atoms with Gasteiger partial charge in [-0.05, 0) is 56.2 Å². The summed E-state index contributed by atoms with van der Waals surface area (Å²) in [6.07, 6.45) is 8.47. The smallest absolute Gasteiger partial charge is 0.191 e. The highest BCUT2D eigenvalue weighted by molar-refractivity contribution is 8.00. The van der Waals surface area contributed by atoms with Crippen molar-refractivity contribution in [1.29, 1.82) is 0 Å². The van der Waals surface area contributed by atoms with Gasteiger partial charge in [-0.1, -0.05) is 30.7 Å². The first kappa shape index (κ1) is 21.5. The van der Waals surface area contributed by atoms with Crippen LogP contribution in [0.2, 0.25) is 0 Å². The van der Waals surface area contributed by atoms with E-state index in [0.717, 1.165) is 51.6 Å². The zero-order valence-corrected chi connectivity index (χ0v) is 18.3. The molecule has 28 heavy (non-hydrogen) atoms. The Labute approximate surface area is 174 Å². The lowest BCUT2D eigenvalue weighted by Gasteiger charge is -2.36. The number of nitrogens with zero attached hydrogens (tertiary/aromatic N) is 2. The molecule has 0 amide bonds. The molecule has 0 aromatic heterocycles. The normalized spacial score (nSPS) is 20.7. The van der Waals surface area contributed by atoms with Gasteiger partial charge in [-0.25, -0.2) is 0 Å². The highest BCUT2D eigenvalue weighted by atomic mass is 32.2. The Morgan fingerprint density at radius 1 is 1.07 bits per heavy atom. The first-order valence-electron chi connectivity index (χ1n) is 10.6. The Morgan fingerprint density at radius 2 is 1.75 bits per heavy atom. The predicted molar refractivity (Wildman–Crippen MR) is 120 cm³/mol. The second-order valence-electron chi connectivity index (χ2n) is 7.93. The third-order valence-corrected chi connectivity index (χ3v) is 7.40. The molecular weight excluding hydrogens is 368 g/mol. The number of nitrogens with one attached hydrogen (secondary N) is 2. The monoisotopic (exact) mass is 404 g/mol. The van der Waals surface area contributed by atoms with Gasteiger partial charge >= 0.3 is 0 Å². The summed E-state index contributed by atoms with van der Waals surface area (Å²) in [5.41, 5.74) is 2.70. The topological polar surface area (TPSA) is 48.9 Å². The van der Waals surface area contributed by atoms with Gasteiger partial charge in [0.1, 0.15) is 0 Å². The fourth-order valence-corrected chi connectivity index (χ4v) is 4.78. The van der Waals surface area contributed by atoms with Crippen LogP contribution in [-0.2, 0) is 17.8 Å². The van der Waals surface area contributed by atoms with Crippen LogP contribution in [0.25, 0.3) is 0 Å². The summed E-state index contributed by atoms with van der Waals surface area (Å²) in [5.74, 6) is 0.873. The van der Waals surface area contributed by atoms with E-state index in [1.165, 1.54) is 43.5 Å². The second-order valence-corrected chi connectivity index (χ2v) is 9.21. The van der Waals surface area contributed by atoms with Crippen LogP contribution in [0.1, 0.15) is 43.2 Å². The first-order chi connectivity index (χ1) is 13.7. The van der Waals surface area contributed by atoms with E-state index in [9.17, 15) is 0 Å². The SMILES string of the molecule is CN=C(NCc1ccc(CN2CCCCC2)cc1)NCC1(SC)CCOCC1. The number of piperidine rings is 1. The summed E-state index contributed by atoms with van der Waals surface area (Å²) in [7, 11) is 1.84. The van der Waals surface area contributed by atoms with Crippen LogP contribution in [-0.4, -0.2) is 61.8 Å². The van der Waals surface area contributed by atoms with Crippen molar-refractivity contribution >= 4 is 17.7 Å². The zero-order chi connectivity index (χ0) is 19.7. The maximum atomic E-state index is 5.53. The molecule has 0 bridgehead atoms. The molecule has 2 aliphatic heterocycles. The molecule has 2 N–H and O–H groups in total. The maximum Gasteiger partial charge on any atom is 0.191 e. The van der Waals surface area contributed by atoms with Crippen molar-refractivity contribution in [3.05, 3.63) is 35.4 Å². The van der Waals surface area contributed by atoms with Crippen molar-refractivity contribution in [2.24, 2.45) is 4.99 Å². The molecule has 1 aromatic rings. The highest BCUT2D eigenvalue weighted by Gasteiger charge is 2.31. The third-order valence-electron chi connectivity index (χ3n) is 5.98. The molecule has 2 aliphatic rings. The van der Waals surface area contributed by atoms with E-state index in [1.54, 1.807) is 0 Å². The quantitative estimate of drug-likeness (QED) is 0.540. The Hall–Kier alpha value is -1.24. The lowest BCUT2D eigenvalue weighted by atomic mass is 9.99. The maximum absolute atomic E-state index is 5.53.